The maximum Gasteiger partial charge on any atom is 0.534 e. The van der Waals surface area contributed by atoms with E-state index in [2.05, 4.69) is 36.3 Å². The molecule has 14 nitrogen and oxygen atoms in total. The summed E-state index contributed by atoms with van der Waals surface area (Å²) in [5.41, 5.74) is -7.12. The quantitative estimate of drug-likeness (QED) is 0.110. The van der Waals surface area contributed by atoms with Gasteiger partial charge in [0.05, 0.1) is 39.6 Å². The Hall–Kier alpha value is -5.26. The molecule has 0 aliphatic heterocycles. The van der Waals surface area contributed by atoms with E-state index in [-0.39, 0.29) is 41.4 Å². The number of benzene rings is 2. The summed E-state index contributed by atoms with van der Waals surface area (Å²) in [6.45, 7) is 9.30. The molecule has 0 saturated carbocycles. The molecule has 0 unspecified atom stereocenters. The van der Waals surface area contributed by atoms with Crippen LogP contribution in [0.5, 0.6) is 23.0 Å². The lowest BCUT2D eigenvalue weighted by molar-refractivity contribution is -0.0500. The molecule has 0 bridgehead atoms. The molecule has 0 aromatic heterocycles. The number of hydrogen-bond donors (Lipinski definition) is 1. The SMILES string of the molecule is C=CCOc1cc(O)c(C)c(C(=O)OC)c1C(=O)OC.C=CCOc1cc(OS(=O)(=O)C(F)(F)F)c(C)c(C(=O)OC)c1C(=O)OC. The maximum atomic E-state index is 12.6. The smallest absolute Gasteiger partial charge is 0.508 e. The number of esters is 4. The number of phenols is 1. The monoisotopic (exact) mass is 692 g/mol. The molecule has 1 N–H and O–H groups in total. The summed E-state index contributed by atoms with van der Waals surface area (Å²) < 4.78 is 93.4. The zero-order valence-corrected chi connectivity index (χ0v) is 26.8. The molecule has 0 saturated heterocycles. The van der Waals surface area contributed by atoms with Crippen LogP contribution in [0.25, 0.3) is 0 Å². The summed E-state index contributed by atoms with van der Waals surface area (Å²) in [7, 11) is -1.74. The fraction of sp³-hybridized carbons (Fsp3) is 0.310. The Morgan fingerprint density at radius 3 is 1.43 bits per heavy atom. The summed E-state index contributed by atoms with van der Waals surface area (Å²) in [6, 6.07) is 1.97. The summed E-state index contributed by atoms with van der Waals surface area (Å²) in [5.74, 6) is -5.22. The van der Waals surface area contributed by atoms with Gasteiger partial charge in [0.2, 0.25) is 0 Å². The van der Waals surface area contributed by atoms with Crippen LogP contribution in [0.4, 0.5) is 13.2 Å². The molecular weight excluding hydrogens is 661 g/mol. The van der Waals surface area contributed by atoms with Crippen molar-refractivity contribution in [2.75, 3.05) is 41.7 Å². The van der Waals surface area contributed by atoms with Crippen molar-refractivity contribution < 1.29 is 78.5 Å². The van der Waals surface area contributed by atoms with Gasteiger partial charge in [-0.3, -0.25) is 0 Å². The van der Waals surface area contributed by atoms with E-state index < -0.39 is 67.7 Å². The molecule has 0 fully saturated rings. The average molecular weight is 693 g/mol. The van der Waals surface area contributed by atoms with Gasteiger partial charge in [-0.15, -0.1) is 0 Å². The highest BCUT2D eigenvalue weighted by Crippen LogP contribution is 2.38. The second-order valence-corrected chi connectivity index (χ2v) is 10.2. The Bertz CT molecular complexity index is 1650. The van der Waals surface area contributed by atoms with Gasteiger partial charge in [0.1, 0.15) is 47.3 Å². The molecule has 2 aromatic rings. The van der Waals surface area contributed by atoms with Crippen LogP contribution < -0.4 is 13.7 Å². The van der Waals surface area contributed by atoms with Gasteiger partial charge in [0.15, 0.2) is 0 Å². The summed E-state index contributed by atoms with van der Waals surface area (Å²) in [5, 5.41) is 9.84. The van der Waals surface area contributed by atoms with Crippen LogP contribution in [0.15, 0.2) is 37.4 Å². The molecule has 0 aliphatic rings. The molecule has 0 radical (unpaired) electrons. The lowest BCUT2D eigenvalue weighted by Gasteiger charge is -2.18. The number of rotatable bonds is 12. The Labute approximate surface area is 267 Å². The molecule has 47 heavy (non-hydrogen) atoms. The molecule has 0 amide bonds. The van der Waals surface area contributed by atoms with Gasteiger partial charge in [0, 0.05) is 23.3 Å². The Morgan fingerprint density at radius 1 is 0.702 bits per heavy atom. The van der Waals surface area contributed by atoms with Crippen molar-refractivity contribution in [1.82, 2.24) is 0 Å². The number of carbonyl (C=O) groups excluding carboxylic acids is 4. The fourth-order valence-corrected chi connectivity index (χ4v) is 4.08. The van der Waals surface area contributed by atoms with E-state index in [4.69, 9.17) is 9.47 Å². The number of carbonyl (C=O) groups is 4. The molecule has 258 valence electrons. The van der Waals surface area contributed by atoms with Gasteiger partial charge < -0.3 is 37.7 Å². The van der Waals surface area contributed by atoms with Gasteiger partial charge in [-0.1, -0.05) is 25.3 Å². The van der Waals surface area contributed by atoms with E-state index in [9.17, 15) is 45.9 Å². The van der Waals surface area contributed by atoms with E-state index in [0.717, 1.165) is 27.2 Å². The van der Waals surface area contributed by atoms with Crippen LogP contribution >= 0.6 is 0 Å². The van der Waals surface area contributed by atoms with Gasteiger partial charge in [-0.25, -0.2) is 19.2 Å². The van der Waals surface area contributed by atoms with Crippen LogP contribution in [0, 0.1) is 13.8 Å². The molecular formula is C29H31F3O14S. The first-order chi connectivity index (χ1) is 21.9. The van der Waals surface area contributed by atoms with Gasteiger partial charge >= 0.3 is 39.5 Å². The minimum absolute atomic E-state index is 0.0280. The van der Waals surface area contributed by atoms with Crippen LogP contribution in [-0.2, 0) is 29.1 Å². The first-order valence-corrected chi connectivity index (χ1v) is 14.1. The molecule has 2 aromatic carbocycles. The van der Waals surface area contributed by atoms with Crippen molar-refractivity contribution in [1.29, 1.82) is 0 Å². The van der Waals surface area contributed by atoms with E-state index in [1.165, 1.54) is 39.4 Å². The summed E-state index contributed by atoms with van der Waals surface area (Å²) in [4.78, 5) is 47.9. The molecule has 0 heterocycles. The number of hydrogen-bond acceptors (Lipinski definition) is 14. The number of methoxy groups -OCH3 is 4. The summed E-state index contributed by atoms with van der Waals surface area (Å²) >= 11 is 0. The number of ether oxygens (including phenoxy) is 6. The lowest BCUT2D eigenvalue weighted by atomic mass is 9.99. The van der Waals surface area contributed by atoms with Crippen LogP contribution in [0.3, 0.4) is 0 Å². The molecule has 18 heteroatoms. The third-order valence-corrected chi connectivity index (χ3v) is 6.75. The van der Waals surface area contributed by atoms with Crippen molar-refractivity contribution in [3.05, 3.63) is 70.8 Å². The first kappa shape index (κ1) is 39.8. The Kier molecular flexibility index (Phi) is 14.3. The predicted molar refractivity (Wildman–Crippen MR) is 156 cm³/mol. The first-order valence-electron chi connectivity index (χ1n) is 12.7. The topological polar surface area (TPSA) is 187 Å². The average Bonchev–Trinajstić information content (AvgIpc) is 3.02. The third-order valence-electron chi connectivity index (χ3n) is 5.78. The van der Waals surface area contributed by atoms with Crippen molar-refractivity contribution >= 4 is 34.0 Å². The van der Waals surface area contributed by atoms with Crippen molar-refractivity contribution in [3.63, 3.8) is 0 Å². The standard InChI is InChI=1S/C15H15F3O8S.C14H16O6/c1-5-6-25-10-7-9(26-27(21,22)15(16,17)18)8(2)11(13(19)23-3)12(10)14(20)24-4;1-5-6-20-10-7-9(15)8(2)11(13(16)18-3)12(10)14(17)19-4/h5,7H,1,6H2,2-4H3;5,7,15H,1,6H2,2-4H3. The minimum atomic E-state index is -6.04. The molecule has 2 rings (SSSR count). The van der Waals surface area contributed by atoms with Crippen molar-refractivity contribution in [2.45, 2.75) is 19.4 Å². The molecule has 0 spiro atoms. The zero-order valence-electron chi connectivity index (χ0n) is 25.9. The molecule has 0 aliphatic carbocycles. The predicted octanol–water partition coefficient (Wildman–Crippen LogP) is 4.20. The van der Waals surface area contributed by atoms with Crippen molar-refractivity contribution in [3.8, 4) is 23.0 Å². The van der Waals surface area contributed by atoms with E-state index >= 15 is 0 Å². The van der Waals surface area contributed by atoms with Gasteiger partial charge in [0.25, 0.3) is 0 Å². The van der Waals surface area contributed by atoms with Crippen LogP contribution in [0.1, 0.15) is 52.6 Å². The number of alkyl halides is 3. The zero-order chi connectivity index (χ0) is 36.3. The Morgan fingerprint density at radius 2 is 1.06 bits per heavy atom. The number of aromatic hydroxyl groups is 1. The normalized spacial score (nSPS) is 10.7. The van der Waals surface area contributed by atoms with Gasteiger partial charge in [-0.2, -0.15) is 21.6 Å². The number of phenolic OH excluding ortho intramolecular Hbond substituents is 1. The fourth-order valence-electron chi connectivity index (χ4n) is 3.58. The Balaban J connectivity index is 0.000000491. The van der Waals surface area contributed by atoms with Crippen molar-refractivity contribution in [2.24, 2.45) is 0 Å². The highest BCUT2D eigenvalue weighted by atomic mass is 32.2. The summed E-state index contributed by atoms with van der Waals surface area (Å²) in [6.07, 6.45) is 2.71. The third kappa shape index (κ3) is 9.38. The van der Waals surface area contributed by atoms with E-state index in [1.54, 1.807) is 0 Å². The van der Waals surface area contributed by atoms with E-state index in [1.807, 2.05) is 0 Å². The van der Waals surface area contributed by atoms with Gasteiger partial charge in [-0.05, 0) is 13.8 Å². The highest BCUT2D eigenvalue weighted by Gasteiger charge is 2.49. The maximum absolute atomic E-state index is 12.6. The van der Waals surface area contributed by atoms with Crippen LogP contribution in [-0.4, -0.2) is 84.6 Å². The molecule has 0 atom stereocenters. The largest absolute Gasteiger partial charge is 0.534 e. The number of halogens is 3. The van der Waals surface area contributed by atoms with Crippen LogP contribution in [0.2, 0.25) is 0 Å². The minimum Gasteiger partial charge on any atom is -0.508 e. The second-order valence-electron chi connectivity index (χ2n) is 8.67. The van der Waals surface area contributed by atoms with E-state index in [0.29, 0.717) is 0 Å². The second kappa shape index (κ2) is 16.9. The lowest BCUT2D eigenvalue weighted by Crippen LogP contribution is -2.28. The highest BCUT2D eigenvalue weighted by molar-refractivity contribution is 7.88.